The third-order valence-electron chi connectivity index (χ3n) is 10.2. The van der Waals surface area contributed by atoms with Gasteiger partial charge in [0.1, 0.15) is 0 Å². The summed E-state index contributed by atoms with van der Waals surface area (Å²) < 4.78 is 12.4. The molecule has 0 aromatic rings. The molecular weight excluding hydrogens is 545 g/mol. The van der Waals surface area contributed by atoms with E-state index in [1.807, 2.05) is 0 Å². The maximum absolute atomic E-state index is 13.1. The summed E-state index contributed by atoms with van der Waals surface area (Å²) in [5, 5.41) is 0.137. The van der Waals surface area contributed by atoms with Crippen molar-refractivity contribution in [1.82, 2.24) is 0 Å². The molecular formula is C39H80O3Si. The normalized spacial score (nSPS) is 13.8. The molecule has 0 aliphatic heterocycles. The van der Waals surface area contributed by atoms with Gasteiger partial charge < -0.3 is 9.16 Å². The molecule has 2 atom stereocenters. The molecule has 0 heterocycles. The quantitative estimate of drug-likeness (QED) is 0.0437. The van der Waals surface area contributed by atoms with Crippen molar-refractivity contribution < 1.29 is 14.0 Å². The van der Waals surface area contributed by atoms with Crippen LogP contribution in [0.3, 0.4) is 0 Å². The summed E-state index contributed by atoms with van der Waals surface area (Å²) in [4.78, 5) is 13.1. The highest BCUT2D eigenvalue weighted by atomic mass is 28.4. The van der Waals surface area contributed by atoms with E-state index in [0.717, 1.165) is 25.7 Å². The van der Waals surface area contributed by atoms with Crippen LogP contribution in [0.15, 0.2) is 0 Å². The average molecular weight is 625 g/mol. The molecule has 43 heavy (non-hydrogen) atoms. The van der Waals surface area contributed by atoms with Crippen molar-refractivity contribution in [3.8, 4) is 0 Å². The molecule has 0 saturated heterocycles. The molecule has 0 rings (SSSR count). The highest BCUT2D eigenvalue weighted by Crippen LogP contribution is 2.39. The first-order valence-electron chi connectivity index (χ1n) is 19.4. The van der Waals surface area contributed by atoms with Crippen molar-refractivity contribution >= 4 is 14.3 Å². The molecule has 0 aromatic carbocycles. The first-order chi connectivity index (χ1) is 20.6. The Labute approximate surface area is 272 Å². The van der Waals surface area contributed by atoms with Crippen LogP contribution in [0.25, 0.3) is 0 Å². The molecule has 0 unspecified atom stereocenters. The second-order valence-corrected chi connectivity index (χ2v) is 20.0. The summed E-state index contributed by atoms with van der Waals surface area (Å²) in [5.41, 5.74) is 0. The Hall–Kier alpha value is -0.353. The first-order valence-corrected chi connectivity index (χ1v) is 22.3. The number of ether oxygens (including phenoxy) is 1. The van der Waals surface area contributed by atoms with Crippen molar-refractivity contribution in [2.24, 2.45) is 5.92 Å². The predicted octanol–water partition coefficient (Wildman–Crippen LogP) is 13.7. The van der Waals surface area contributed by atoms with Crippen LogP contribution in [-0.4, -0.2) is 27.5 Å². The fourth-order valence-corrected chi connectivity index (χ4v) is 7.47. The second kappa shape index (κ2) is 27.9. The monoisotopic (exact) mass is 625 g/mol. The average Bonchev–Trinajstić information content (AvgIpc) is 2.96. The summed E-state index contributed by atoms with van der Waals surface area (Å²) in [6.45, 7) is 16.2. The van der Waals surface area contributed by atoms with E-state index in [1.54, 1.807) is 7.11 Å². The highest BCUT2D eigenvalue weighted by molar-refractivity contribution is 6.74. The van der Waals surface area contributed by atoms with Gasteiger partial charge in [-0.3, -0.25) is 4.79 Å². The van der Waals surface area contributed by atoms with Crippen LogP contribution in [-0.2, 0) is 14.0 Å². The van der Waals surface area contributed by atoms with Gasteiger partial charge in [-0.15, -0.1) is 0 Å². The van der Waals surface area contributed by atoms with Crippen LogP contribution in [0, 0.1) is 5.92 Å². The molecule has 0 radical (unpaired) electrons. The third kappa shape index (κ3) is 23.6. The molecule has 0 saturated carbocycles. The smallest absolute Gasteiger partial charge is 0.311 e. The maximum atomic E-state index is 13.1. The van der Waals surface area contributed by atoms with E-state index in [2.05, 4.69) is 47.7 Å². The van der Waals surface area contributed by atoms with Crippen LogP contribution in [0.5, 0.6) is 0 Å². The Morgan fingerprint density at radius 3 is 1.14 bits per heavy atom. The van der Waals surface area contributed by atoms with Gasteiger partial charge in [-0.05, 0) is 31.0 Å². The van der Waals surface area contributed by atoms with E-state index in [0.29, 0.717) is 0 Å². The fraction of sp³-hybridized carbons (Fsp3) is 0.974. The highest BCUT2D eigenvalue weighted by Gasteiger charge is 2.42. The SMILES string of the molecule is CCCCCCCCCCCCCCC[C@H](O[Si](C)(C)C(C)(C)C)[C@H](CCCCCCCCCCCCCC)C(=O)OC. The summed E-state index contributed by atoms with van der Waals surface area (Å²) in [6.07, 6.45) is 35.7. The largest absolute Gasteiger partial charge is 0.469 e. The van der Waals surface area contributed by atoms with Crippen molar-refractivity contribution in [2.45, 2.75) is 232 Å². The van der Waals surface area contributed by atoms with E-state index in [1.165, 1.54) is 148 Å². The van der Waals surface area contributed by atoms with Crippen LogP contribution in [0.1, 0.15) is 208 Å². The van der Waals surface area contributed by atoms with Crippen molar-refractivity contribution in [3.05, 3.63) is 0 Å². The van der Waals surface area contributed by atoms with E-state index in [9.17, 15) is 4.79 Å². The Morgan fingerprint density at radius 1 is 0.535 bits per heavy atom. The summed E-state index contributed by atoms with van der Waals surface area (Å²) in [5.74, 6) is -0.180. The predicted molar refractivity (Wildman–Crippen MR) is 194 cm³/mol. The molecule has 0 aliphatic rings. The zero-order valence-electron chi connectivity index (χ0n) is 31.0. The van der Waals surface area contributed by atoms with Gasteiger partial charge in [0.25, 0.3) is 0 Å². The van der Waals surface area contributed by atoms with E-state index in [4.69, 9.17) is 9.16 Å². The summed E-state index contributed by atoms with van der Waals surface area (Å²) in [7, 11) is -0.425. The molecule has 0 aliphatic carbocycles. The van der Waals surface area contributed by atoms with Crippen LogP contribution >= 0.6 is 0 Å². The number of hydrogen-bond acceptors (Lipinski definition) is 3. The molecule has 0 fully saturated rings. The minimum absolute atomic E-state index is 0.00578. The van der Waals surface area contributed by atoms with Crippen LogP contribution < -0.4 is 0 Å². The summed E-state index contributed by atoms with van der Waals surface area (Å²) >= 11 is 0. The van der Waals surface area contributed by atoms with Gasteiger partial charge in [0, 0.05) is 0 Å². The molecule has 0 bridgehead atoms. The molecule has 3 nitrogen and oxygen atoms in total. The van der Waals surface area contributed by atoms with Gasteiger partial charge in [0.05, 0.1) is 19.1 Å². The lowest BCUT2D eigenvalue weighted by atomic mass is 9.91. The Kier molecular flexibility index (Phi) is 27.7. The van der Waals surface area contributed by atoms with Gasteiger partial charge in [0.2, 0.25) is 0 Å². The van der Waals surface area contributed by atoms with Gasteiger partial charge in [0.15, 0.2) is 8.32 Å². The number of carbonyl (C=O) groups is 1. The van der Waals surface area contributed by atoms with E-state index < -0.39 is 8.32 Å². The van der Waals surface area contributed by atoms with Crippen molar-refractivity contribution in [1.29, 1.82) is 0 Å². The number of unbranched alkanes of at least 4 members (excludes halogenated alkanes) is 23. The van der Waals surface area contributed by atoms with Gasteiger partial charge in [-0.2, -0.15) is 0 Å². The van der Waals surface area contributed by atoms with E-state index >= 15 is 0 Å². The molecule has 0 aromatic heterocycles. The second-order valence-electron chi connectivity index (χ2n) is 15.3. The van der Waals surface area contributed by atoms with Gasteiger partial charge in [-0.1, -0.05) is 195 Å². The molecule has 0 spiro atoms. The van der Waals surface area contributed by atoms with Gasteiger partial charge >= 0.3 is 5.97 Å². The van der Waals surface area contributed by atoms with Crippen LogP contribution in [0.4, 0.5) is 0 Å². The minimum atomic E-state index is -1.99. The minimum Gasteiger partial charge on any atom is -0.469 e. The number of hydrogen-bond donors (Lipinski definition) is 0. The number of methoxy groups -OCH3 is 1. The number of rotatable bonds is 31. The maximum Gasteiger partial charge on any atom is 0.311 e. The van der Waals surface area contributed by atoms with Crippen molar-refractivity contribution in [2.75, 3.05) is 7.11 Å². The van der Waals surface area contributed by atoms with E-state index in [-0.39, 0.29) is 23.0 Å². The standard InChI is InChI=1S/C39H80O3Si/c1-9-11-13-15-17-19-21-23-25-27-29-31-33-35-37(42-43(7,8)39(3,4)5)36(38(40)41-6)34-32-30-28-26-24-22-20-18-16-14-12-10-2/h36-37H,9-35H2,1-8H3/t36-,37-/m0/s1. The molecule has 258 valence electrons. The zero-order valence-corrected chi connectivity index (χ0v) is 32.0. The first kappa shape index (κ1) is 42.6. The molecule has 0 N–H and O–H groups in total. The van der Waals surface area contributed by atoms with Crippen molar-refractivity contribution in [3.63, 3.8) is 0 Å². The lowest BCUT2D eigenvalue weighted by Crippen LogP contribution is -2.47. The topological polar surface area (TPSA) is 35.5 Å². The lowest BCUT2D eigenvalue weighted by molar-refractivity contribution is -0.149. The lowest BCUT2D eigenvalue weighted by Gasteiger charge is -2.41. The summed E-state index contributed by atoms with van der Waals surface area (Å²) in [6, 6.07) is 0. The Morgan fingerprint density at radius 2 is 0.837 bits per heavy atom. The Bertz CT molecular complexity index is 612. The number of esters is 1. The molecule has 0 amide bonds. The third-order valence-corrected chi connectivity index (χ3v) is 14.7. The van der Waals surface area contributed by atoms with Gasteiger partial charge in [-0.25, -0.2) is 0 Å². The number of carbonyl (C=O) groups excluding carboxylic acids is 1. The zero-order chi connectivity index (χ0) is 32.2. The fourth-order valence-electron chi connectivity index (χ4n) is 6.07. The Balaban J connectivity index is 4.57. The van der Waals surface area contributed by atoms with Crippen LogP contribution in [0.2, 0.25) is 18.1 Å². The molecule has 4 heteroatoms.